The molecule has 6 heteroatoms. The van der Waals surface area contributed by atoms with Crippen LogP contribution in [0.1, 0.15) is 17.5 Å². The van der Waals surface area contributed by atoms with Crippen LogP contribution in [0.4, 0.5) is 0 Å². The molecule has 0 aliphatic carbocycles. The zero-order chi connectivity index (χ0) is 16.0. The molecule has 5 nitrogen and oxygen atoms in total. The largest absolute Gasteiger partial charge is 0.497 e. The van der Waals surface area contributed by atoms with E-state index in [0.717, 1.165) is 34.9 Å². The second kappa shape index (κ2) is 5.38. The molecule has 3 aromatic rings. The second-order valence-corrected chi connectivity index (χ2v) is 6.73. The lowest BCUT2D eigenvalue weighted by Crippen LogP contribution is -2.33. The maximum atomic E-state index is 11.6. The van der Waals surface area contributed by atoms with E-state index in [2.05, 4.69) is 10.6 Å². The van der Waals surface area contributed by atoms with Crippen molar-refractivity contribution in [2.45, 2.75) is 19.9 Å². The summed E-state index contributed by atoms with van der Waals surface area (Å²) >= 11 is 1.68. The molecule has 0 bridgehead atoms. The van der Waals surface area contributed by atoms with Gasteiger partial charge in [0, 0.05) is 42.2 Å². The topological polar surface area (TPSA) is 46.8 Å². The van der Waals surface area contributed by atoms with Crippen molar-refractivity contribution in [3.63, 3.8) is 0 Å². The van der Waals surface area contributed by atoms with E-state index in [1.54, 1.807) is 25.4 Å². The van der Waals surface area contributed by atoms with Gasteiger partial charge in [-0.15, -0.1) is 0 Å². The van der Waals surface area contributed by atoms with Crippen LogP contribution in [-0.2, 0) is 17.8 Å². The number of hydrogen-bond acceptors (Lipinski definition) is 4. The van der Waals surface area contributed by atoms with Gasteiger partial charge in [-0.3, -0.25) is 9.20 Å². The average molecular weight is 327 g/mol. The Morgan fingerprint density at radius 3 is 2.78 bits per heavy atom. The normalized spacial score (nSPS) is 14.1. The summed E-state index contributed by atoms with van der Waals surface area (Å²) in [6, 6.07) is 7.94. The van der Waals surface area contributed by atoms with Crippen molar-refractivity contribution in [2.24, 2.45) is 0 Å². The Balaban J connectivity index is 1.70. The van der Waals surface area contributed by atoms with Crippen molar-refractivity contribution in [3.8, 4) is 17.0 Å². The Labute approximate surface area is 138 Å². The van der Waals surface area contributed by atoms with Crippen LogP contribution in [0.25, 0.3) is 16.2 Å². The number of benzene rings is 1. The van der Waals surface area contributed by atoms with Crippen molar-refractivity contribution >= 4 is 22.2 Å². The second-order valence-electron chi connectivity index (χ2n) is 5.67. The van der Waals surface area contributed by atoms with Crippen LogP contribution >= 0.6 is 11.3 Å². The fourth-order valence-corrected chi connectivity index (χ4v) is 4.14. The number of amides is 1. The van der Waals surface area contributed by atoms with Crippen LogP contribution in [0.5, 0.6) is 5.75 Å². The molecule has 0 fully saturated rings. The number of aromatic nitrogens is 2. The Morgan fingerprint density at radius 2 is 2.09 bits per heavy atom. The van der Waals surface area contributed by atoms with Crippen LogP contribution in [0.2, 0.25) is 0 Å². The van der Waals surface area contributed by atoms with E-state index in [0.29, 0.717) is 6.54 Å². The number of thiazole rings is 1. The smallest absolute Gasteiger partial charge is 0.219 e. The fourth-order valence-electron chi connectivity index (χ4n) is 2.98. The predicted molar refractivity (Wildman–Crippen MR) is 89.9 cm³/mol. The van der Waals surface area contributed by atoms with Crippen LogP contribution in [0.15, 0.2) is 30.5 Å². The molecule has 1 amide bonds. The number of carbonyl (C=O) groups excluding carboxylic acids is 1. The molecule has 1 aliphatic heterocycles. The maximum Gasteiger partial charge on any atom is 0.219 e. The first-order chi connectivity index (χ1) is 11.2. The summed E-state index contributed by atoms with van der Waals surface area (Å²) < 4.78 is 7.37. The number of imidazole rings is 1. The van der Waals surface area contributed by atoms with Crippen LogP contribution in [-0.4, -0.2) is 33.8 Å². The predicted octanol–water partition coefficient (Wildman–Crippen LogP) is 2.98. The van der Waals surface area contributed by atoms with E-state index in [1.165, 1.54) is 10.6 Å². The minimum absolute atomic E-state index is 0.139. The Morgan fingerprint density at radius 1 is 1.30 bits per heavy atom. The lowest BCUT2D eigenvalue weighted by atomic mass is 10.1. The van der Waals surface area contributed by atoms with Gasteiger partial charge in [0.05, 0.1) is 19.3 Å². The molecule has 0 N–H and O–H groups in total. The number of ether oxygens (including phenoxy) is 1. The highest BCUT2D eigenvalue weighted by Crippen LogP contribution is 2.31. The molecule has 23 heavy (non-hydrogen) atoms. The molecule has 118 valence electrons. The summed E-state index contributed by atoms with van der Waals surface area (Å²) in [4.78, 5) is 20.4. The highest BCUT2D eigenvalue weighted by molar-refractivity contribution is 7.17. The number of hydrogen-bond donors (Lipinski definition) is 0. The Kier molecular flexibility index (Phi) is 3.34. The summed E-state index contributed by atoms with van der Waals surface area (Å²) in [7, 11) is 1.66. The Hall–Kier alpha value is -2.34. The van der Waals surface area contributed by atoms with Gasteiger partial charge in [0.15, 0.2) is 4.96 Å². The van der Waals surface area contributed by atoms with Crippen molar-refractivity contribution in [2.75, 3.05) is 13.7 Å². The summed E-state index contributed by atoms with van der Waals surface area (Å²) in [5.41, 5.74) is 3.34. The zero-order valence-electron chi connectivity index (χ0n) is 13.1. The molecule has 3 heterocycles. The highest BCUT2D eigenvalue weighted by Gasteiger charge is 2.23. The molecule has 0 unspecified atom stereocenters. The van der Waals surface area contributed by atoms with Gasteiger partial charge in [0.2, 0.25) is 5.91 Å². The molecule has 0 radical (unpaired) electrons. The van der Waals surface area contributed by atoms with E-state index in [1.807, 2.05) is 29.2 Å². The van der Waals surface area contributed by atoms with Gasteiger partial charge in [0.25, 0.3) is 0 Å². The summed E-state index contributed by atoms with van der Waals surface area (Å²) in [5.74, 6) is 0.983. The minimum Gasteiger partial charge on any atom is -0.497 e. The van der Waals surface area contributed by atoms with Gasteiger partial charge < -0.3 is 9.64 Å². The van der Waals surface area contributed by atoms with E-state index in [-0.39, 0.29) is 5.91 Å². The molecule has 1 aliphatic rings. The van der Waals surface area contributed by atoms with Gasteiger partial charge in [-0.1, -0.05) is 11.3 Å². The van der Waals surface area contributed by atoms with Crippen molar-refractivity contribution in [1.29, 1.82) is 0 Å². The lowest BCUT2D eigenvalue weighted by Gasteiger charge is -2.25. The van der Waals surface area contributed by atoms with Crippen molar-refractivity contribution in [1.82, 2.24) is 14.3 Å². The molecule has 0 atom stereocenters. The van der Waals surface area contributed by atoms with E-state index in [4.69, 9.17) is 9.72 Å². The van der Waals surface area contributed by atoms with Crippen molar-refractivity contribution < 1.29 is 9.53 Å². The number of rotatable bonds is 2. The van der Waals surface area contributed by atoms with Gasteiger partial charge in [0.1, 0.15) is 5.75 Å². The molecular formula is C17H17N3O2S. The molecule has 4 rings (SSSR count). The van der Waals surface area contributed by atoms with Gasteiger partial charge in [-0.05, 0) is 24.3 Å². The third-order valence-electron chi connectivity index (χ3n) is 4.28. The molecular weight excluding hydrogens is 310 g/mol. The highest BCUT2D eigenvalue weighted by atomic mass is 32.1. The summed E-state index contributed by atoms with van der Waals surface area (Å²) in [5, 5.41) is 0. The minimum atomic E-state index is 0.139. The molecule has 0 saturated carbocycles. The van der Waals surface area contributed by atoms with E-state index < -0.39 is 0 Å². The van der Waals surface area contributed by atoms with Crippen LogP contribution in [0, 0.1) is 0 Å². The van der Waals surface area contributed by atoms with Crippen LogP contribution in [0.3, 0.4) is 0 Å². The quantitative estimate of drug-likeness (QED) is 0.727. The maximum absolute atomic E-state index is 11.6. The first-order valence-corrected chi connectivity index (χ1v) is 8.37. The van der Waals surface area contributed by atoms with Gasteiger partial charge in [-0.2, -0.15) is 0 Å². The summed E-state index contributed by atoms with van der Waals surface area (Å²) in [6.07, 6.45) is 2.98. The molecule has 1 aromatic carbocycles. The monoisotopic (exact) mass is 327 g/mol. The van der Waals surface area contributed by atoms with Crippen molar-refractivity contribution in [3.05, 3.63) is 41.0 Å². The van der Waals surface area contributed by atoms with E-state index in [9.17, 15) is 4.79 Å². The number of carbonyl (C=O) groups is 1. The lowest BCUT2D eigenvalue weighted by molar-refractivity contribution is -0.129. The first kappa shape index (κ1) is 14.3. The van der Waals surface area contributed by atoms with E-state index >= 15 is 0 Å². The SMILES string of the molecule is COc1ccc(-c2cn3c4c(sc3n2)CN(C(C)=O)CC4)cc1. The molecule has 2 aromatic heterocycles. The Bertz CT molecular complexity index is 879. The zero-order valence-corrected chi connectivity index (χ0v) is 13.9. The standard InChI is InChI=1S/C17H17N3O2S/c1-11(21)19-8-7-15-16(10-19)23-17-18-14(9-20(15)17)12-3-5-13(22-2)6-4-12/h3-6,9H,7-8,10H2,1-2H3. The molecule has 0 saturated heterocycles. The first-order valence-electron chi connectivity index (χ1n) is 7.55. The van der Waals surface area contributed by atoms with Crippen LogP contribution < -0.4 is 4.74 Å². The number of methoxy groups -OCH3 is 1. The number of nitrogens with zero attached hydrogens (tertiary/aromatic N) is 3. The fraction of sp³-hybridized carbons (Fsp3) is 0.294. The average Bonchev–Trinajstić information content (AvgIpc) is 3.12. The number of fused-ring (bicyclic) bond motifs is 3. The third-order valence-corrected chi connectivity index (χ3v) is 5.37. The molecule has 0 spiro atoms. The third kappa shape index (κ3) is 2.39. The summed E-state index contributed by atoms with van der Waals surface area (Å²) in [6.45, 7) is 3.12. The van der Waals surface area contributed by atoms with Gasteiger partial charge in [-0.25, -0.2) is 4.98 Å². The van der Waals surface area contributed by atoms with Gasteiger partial charge >= 0.3 is 0 Å².